The van der Waals surface area contributed by atoms with Gasteiger partial charge < -0.3 is 9.30 Å². The number of rotatable bonds is 8. The number of sulfonamides is 1. The summed E-state index contributed by atoms with van der Waals surface area (Å²) in [6.07, 6.45) is 2.73. The Balaban J connectivity index is 2.07. The SMILES string of the molecule is CCCCS(=O)(=O)Nc1cc(Oc2c(C)cccc2F)nc(-c2ccc(=O)n(C)c2)n1. The molecule has 10 heteroatoms. The first kappa shape index (κ1) is 22.4. The van der Waals surface area contributed by atoms with E-state index in [-0.39, 0.29) is 34.6 Å². The lowest BCUT2D eigenvalue weighted by Crippen LogP contribution is -2.18. The maximum absolute atomic E-state index is 14.3. The Bertz CT molecular complexity index is 1240. The van der Waals surface area contributed by atoms with Crippen LogP contribution in [0.15, 0.2) is 47.4 Å². The monoisotopic (exact) mass is 446 g/mol. The Labute approximate surface area is 179 Å². The number of nitrogens with one attached hydrogen (secondary N) is 1. The van der Waals surface area contributed by atoms with Crippen LogP contribution in [0.3, 0.4) is 0 Å². The Morgan fingerprint density at radius 3 is 2.65 bits per heavy atom. The third kappa shape index (κ3) is 5.66. The van der Waals surface area contributed by atoms with E-state index < -0.39 is 15.8 Å². The van der Waals surface area contributed by atoms with E-state index in [9.17, 15) is 17.6 Å². The fourth-order valence-corrected chi connectivity index (χ4v) is 3.97. The minimum atomic E-state index is -3.64. The summed E-state index contributed by atoms with van der Waals surface area (Å²) in [6.45, 7) is 3.57. The summed E-state index contributed by atoms with van der Waals surface area (Å²) < 4.78 is 48.4. The van der Waals surface area contributed by atoms with Crippen LogP contribution >= 0.6 is 0 Å². The second-order valence-corrected chi connectivity index (χ2v) is 8.89. The minimum Gasteiger partial charge on any atom is -0.435 e. The molecule has 0 aliphatic carbocycles. The van der Waals surface area contributed by atoms with Crippen molar-refractivity contribution in [1.82, 2.24) is 14.5 Å². The molecule has 1 N–H and O–H groups in total. The number of nitrogens with zero attached hydrogens (tertiary/aromatic N) is 3. The van der Waals surface area contributed by atoms with Gasteiger partial charge in [-0.05, 0) is 31.0 Å². The molecule has 0 saturated carbocycles. The fourth-order valence-electron chi connectivity index (χ4n) is 2.78. The minimum absolute atomic E-state index is 0.0149. The zero-order valence-electron chi connectivity index (χ0n) is 17.4. The zero-order chi connectivity index (χ0) is 22.6. The molecule has 0 amide bonds. The smallest absolute Gasteiger partial charge is 0.250 e. The second-order valence-electron chi connectivity index (χ2n) is 7.04. The van der Waals surface area contributed by atoms with Crippen molar-refractivity contribution in [3.8, 4) is 23.0 Å². The van der Waals surface area contributed by atoms with Crippen molar-refractivity contribution in [2.75, 3.05) is 10.5 Å². The number of ether oxygens (including phenoxy) is 1. The first-order chi connectivity index (χ1) is 14.7. The third-order valence-electron chi connectivity index (χ3n) is 4.44. The van der Waals surface area contributed by atoms with Crippen molar-refractivity contribution in [3.05, 3.63) is 64.3 Å². The van der Waals surface area contributed by atoms with E-state index in [0.29, 0.717) is 17.5 Å². The largest absolute Gasteiger partial charge is 0.435 e. The lowest BCUT2D eigenvalue weighted by atomic mass is 10.2. The normalized spacial score (nSPS) is 11.4. The van der Waals surface area contributed by atoms with Gasteiger partial charge in [0.05, 0.1) is 5.75 Å². The molecule has 0 radical (unpaired) electrons. The zero-order valence-corrected chi connectivity index (χ0v) is 18.2. The molecule has 164 valence electrons. The highest BCUT2D eigenvalue weighted by atomic mass is 32.2. The van der Waals surface area contributed by atoms with Gasteiger partial charge in [0.1, 0.15) is 5.82 Å². The molecule has 0 fully saturated rings. The van der Waals surface area contributed by atoms with Crippen molar-refractivity contribution in [1.29, 1.82) is 0 Å². The van der Waals surface area contributed by atoms with Gasteiger partial charge in [0.15, 0.2) is 17.4 Å². The number of aryl methyl sites for hydroxylation is 2. The van der Waals surface area contributed by atoms with E-state index >= 15 is 0 Å². The van der Waals surface area contributed by atoms with Gasteiger partial charge in [0.25, 0.3) is 0 Å². The first-order valence-corrected chi connectivity index (χ1v) is 11.3. The molecule has 0 bridgehead atoms. The van der Waals surface area contributed by atoms with Crippen LogP contribution in [-0.2, 0) is 17.1 Å². The van der Waals surface area contributed by atoms with Crippen LogP contribution in [0.4, 0.5) is 10.2 Å². The van der Waals surface area contributed by atoms with Gasteiger partial charge in [-0.3, -0.25) is 9.52 Å². The van der Waals surface area contributed by atoms with Crippen LogP contribution in [0.5, 0.6) is 11.6 Å². The Kier molecular flexibility index (Phi) is 6.69. The summed E-state index contributed by atoms with van der Waals surface area (Å²) in [4.78, 5) is 20.3. The van der Waals surface area contributed by atoms with Gasteiger partial charge >= 0.3 is 0 Å². The van der Waals surface area contributed by atoms with Crippen LogP contribution < -0.4 is 15.0 Å². The average molecular weight is 447 g/mol. The number of halogens is 1. The highest BCUT2D eigenvalue weighted by Gasteiger charge is 2.16. The number of hydrogen-bond donors (Lipinski definition) is 1. The predicted octanol–water partition coefficient (Wildman–Crippen LogP) is 3.62. The molecule has 31 heavy (non-hydrogen) atoms. The topological polar surface area (TPSA) is 103 Å². The number of para-hydroxylation sites is 1. The van der Waals surface area contributed by atoms with Gasteiger partial charge in [-0.1, -0.05) is 25.5 Å². The van der Waals surface area contributed by atoms with Gasteiger partial charge in [0.2, 0.25) is 21.5 Å². The number of anilines is 1. The van der Waals surface area contributed by atoms with Crippen LogP contribution in [-0.4, -0.2) is 28.7 Å². The summed E-state index contributed by atoms with van der Waals surface area (Å²) in [7, 11) is -2.07. The van der Waals surface area contributed by atoms with Crippen molar-refractivity contribution in [3.63, 3.8) is 0 Å². The Morgan fingerprint density at radius 1 is 1.19 bits per heavy atom. The first-order valence-electron chi connectivity index (χ1n) is 9.68. The number of hydrogen-bond acceptors (Lipinski definition) is 6. The van der Waals surface area contributed by atoms with Crippen LogP contribution in [0.2, 0.25) is 0 Å². The van der Waals surface area contributed by atoms with E-state index in [1.807, 2.05) is 6.92 Å². The molecule has 0 aliphatic heterocycles. The lowest BCUT2D eigenvalue weighted by Gasteiger charge is -2.13. The second kappa shape index (κ2) is 9.25. The third-order valence-corrected chi connectivity index (χ3v) is 5.79. The van der Waals surface area contributed by atoms with Crippen LogP contribution in [0.1, 0.15) is 25.3 Å². The number of aromatic nitrogens is 3. The number of pyridine rings is 1. The van der Waals surface area contributed by atoms with E-state index in [1.165, 1.54) is 35.0 Å². The predicted molar refractivity (Wildman–Crippen MR) is 116 cm³/mol. The Morgan fingerprint density at radius 2 is 1.97 bits per heavy atom. The molecule has 3 aromatic rings. The standard InChI is InChI=1S/C21H23FN4O4S/c1-4-5-11-31(28,29)25-17-12-18(30-20-14(2)7-6-8-16(20)22)24-21(23-17)15-9-10-19(27)26(3)13-15/h6-10,12-13H,4-5,11H2,1-3H3,(H,23,24,25). The molecule has 0 aliphatic rings. The Hall–Kier alpha value is -3.27. The highest BCUT2D eigenvalue weighted by Crippen LogP contribution is 2.29. The van der Waals surface area contributed by atoms with E-state index in [1.54, 1.807) is 26.1 Å². The summed E-state index contributed by atoms with van der Waals surface area (Å²) in [5.41, 5.74) is 0.790. The van der Waals surface area contributed by atoms with E-state index in [0.717, 1.165) is 6.42 Å². The molecule has 3 rings (SSSR count). The van der Waals surface area contributed by atoms with Crippen molar-refractivity contribution >= 4 is 15.8 Å². The molecule has 0 spiro atoms. The molecule has 8 nitrogen and oxygen atoms in total. The summed E-state index contributed by atoms with van der Waals surface area (Å²) in [6, 6.07) is 8.65. The van der Waals surface area contributed by atoms with Crippen LogP contribution in [0, 0.1) is 12.7 Å². The van der Waals surface area contributed by atoms with Crippen molar-refractivity contribution in [2.24, 2.45) is 7.05 Å². The summed E-state index contributed by atoms with van der Waals surface area (Å²) >= 11 is 0. The quantitative estimate of drug-likeness (QED) is 0.567. The van der Waals surface area contributed by atoms with Crippen LogP contribution in [0.25, 0.3) is 11.4 Å². The molecule has 0 saturated heterocycles. The molecule has 0 unspecified atom stereocenters. The molecule has 0 atom stereocenters. The number of benzene rings is 1. The summed E-state index contributed by atoms with van der Waals surface area (Å²) in [5.74, 6) is -0.597. The maximum atomic E-state index is 14.3. The van der Waals surface area contributed by atoms with Gasteiger partial charge in [-0.2, -0.15) is 4.98 Å². The molecule has 2 heterocycles. The van der Waals surface area contributed by atoms with Gasteiger partial charge in [-0.25, -0.2) is 17.8 Å². The molecular weight excluding hydrogens is 423 g/mol. The molecular formula is C21H23FN4O4S. The lowest BCUT2D eigenvalue weighted by molar-refractivity contribution is 0.424. The fraction of sp³-hybridized carbons (Fsp3) is 0.286. The van der Waals surface area contributed by atoms with Crippen molar-refractivity contribution in [2.45, 2.75) is 26.7 Å². The van der Waals surface area contributed by atoms with Crippen molar-refractivity contribution < 1.29 is 17.5 Å². The number of unbranched alkanes of at least 4 members (excludes halogenated alkanes) is 1. The summed E-state index contributed by atoms with van der Waals surface area (Å²) in [5, 5.41) is 0. The average Bonchev–Trinajstić information content (AvgIpc) is 2.71. The highest BCUT2D eigenvalue weighted by molar-refractivity contribution is 7.92. The van der Waals surface area contributed by atoms with Gasteiger partial charge in [0, 0.05) is 30.9 Å². The van der Waals surface area contributed by atoms with E-state index in [2.05, 4.69) is 14.7 Å². The molecule has 1 aromatic carbocycles. The van der Waals surface area contributed by atoms with Gasteiger partial charge in [-0.15, -0.1) is 0 Å². The molecule has 2 aromatic heterocycles. The van der Waals surface area contributed by atoms with E-state index in [4.69, 9.17) is 4.74 Å². The maximum Gasteiger partial charge on any atom is 0.250 e.